The summed E-state index contributed by atoms with van der Waals surface area (Å²) in [6.45, 7) is 1.74. The zero-order valence-electron chi connectivity index (χ0n) is 10.3. The summed E-state index contributed by atoms with van der Waals surface area (Å²) in [5.41, 5.74) is 1.84. The molecule has 96 valence electrons. The summed E-state index contributed by atoms with van der Waals surface area (Å²) in [6.07, 6.45) is 3.42. The van der Waals surface area contributed by atoms with Crippen LogP contribution in [0.15, 0.2) is 18.2 Å². The highest BCUT2D eigenvalue weighted by Gasteiger charge is 2.27. The Labute approximate surface area is 106 Å². The number of hydrogen-bond acceptors (Lipinski definition) is 2. The molecule has 0 aliphatic carbocycles. The van der Waals surface area contributed by atoms with Gasteiger partial charge in [0.2, 0.25) is 5.91 Å². The molecule has 0 bridgehead atoms. The van der Waals surface area contributed by atoms with Gasteiger partial charge >= 0.3 is 0 Å². The van der Waals surface area contributed by atoms with E-state index < -0.39 is 0 Å². The van der Waals surface area contributed by atoms with Crippen molar-refractivity contribution in [3.05, 3.63) is 29.6 Å². The lowest BCUT2D eigenvalue weighted by molar-refractivity contribution is -0.119. The van der Waals surface area contributed by atoms with Crippen molar-refractivity contribution in [2.45, 2.75) is 31.7 Å². The van der Waals surface area contributed by atoms with Gasteiger partial charge in [0.1, 0.15) is 5.82 Å². The molecule has 0 radical (unpaired) electrons. The monoisotopic (exact) mass is 248 g/mol. The Morgan fingerprint density at radius 1 is 1.39 bits per heavy atom. The smallest absolute Gasteiger partial charge is 0.227 e. The van der Waals surface area contributed by atoms with Gasteiger partial charge in [-0.05, 0) is 49.6 Å². The molecule has 2 aliphatic heterocycles. The first-order chi connectivity index (χ1) is 8.74. The first-order valence-corrected chi connectivity index (χ1v) is 6.56. The first-order valence-electron chi connectivity index (χ1n) is 6.56. The Morgan fingerprint density at radius 2 is 2.28 bits per heavy atom. The number of fused-ring (bicyclic) bond motifs is 1. The zero-order valence-corrected chi connectivity index (χ0v) is 10.3. The van der Waals surface area contributed by atoms with Crippen molar-refractivity contribution in [2.24, 2.45) is 0 Å². The van der Waals surface area contributed by atoms with E-state index in [2.05, 4.69) is 5.32 Å². The van der Waals surface area contributed by atoms with Gasteiger partial charge in [0.25, 0.3) is 0 Å². The van der Waals surface area contributed by atoms with Crippen LogP contribution >= 0.6 is 0 Å². The molecule has 0 saturated carbocycles. The molecule has 1 amide bonds. The molecule has 1 aromatic rings. The van der Waals surface area contributed by atoms with Crippen molar-refractivity contribution in [2.75, 3.05) is 18.0 Å². The van der Waals surface area contributed by atoms with Crippen molar-refractivity contribution in [3.63, 3.8) is 0 Å². The van der Waals surface area contributed by atoms with Gasteiger partial charge in [0, 0.05) is 24.7 Å². The van der Waals surface area contributed by atoms with Crippen LogP contribution < -0.4 is 10.2 Å². The highest BCUT2D eigenvalue weighted by molar-refractivity contribution is 5.96. The second-order valence-electron chi connectivity index (χ2n) is 5.07. The fraction of sp³-hybridized carbons (Fsp3) is 0.500. The number of aryl methyl sites for hydroxylation is 1. The molecule has 0 spiro atoms. The second-order valence-corrected chi connectivity index (χ2v) is 5.07. The van der Waals surface area contributed by atoms with E-state index in [1.807, 2.05) is 4.90 Å². The maximum atomic E-state index is 13.2. The lowest BCUT2D eigenvalue weighted by Crippen LogP contribution is -2.43. The molecule has 3 rings (SSSR count). The first kappa shape index (κ1) is 11.7. The molecule has 1 fully saturated rings. The number of nitrogens with one attached hydrogen (secondary N) is 1. The van der Waals surface area contributed by atoms with Crippen LogP contribution in [0.25, 0.3) is 0 Å². The summed E-state index contributed by atoms with van der Waals surface area (Å²) in [7, 11) is 0. The highest BCUT2D eigenvalue weighted by Crippen LogP contribution is 2.29. The van der Waals surface area contributed by atoms with E-state index in [0.29, 0.717) is 25.4 Å². The summed E-state index contributed by atoms with van der Waals surface area (Å²) in [6, 6.07) is 5.10. The van der Waals surface area contributed by atoms with Crippen molar-refractivity contribution >= 4 is 11.6 Å². The van der Waals surface area contributed by atoms with Crippen LogP contribution in [0.5, 0.6) is 0 Å². The van der Waals surface area contributed by atoms with Crippen LogP contribution in [0.4, 0.5) is 10.1 Å². The van der Waals surface area contributed by atoms with E-state index in [-0.39, 0.29) is 11.7 Å². The second kappa shape index (κ2) is 4.69. The third kappa shape index (κ3) is 2.12. The fourth-order valence-electron chi connectivity index (χ4n) is 2.86. The van der Waals surface area contributed by atoms with Gasteiger partial charge in [-0.2, -0.15) is 0 Å². The van der Waals surface area contributed by atoms with Crippen LogP contribution in [0.1, 0.15) is 24.8 Å². The number of hydrogen-bond donors (Lipinski definition) is 1. The maximum absolute atomic E-state index is 13.2. The summed E-state index contributed by atoms with van der Waals surface area (Å²) in [5.74, 6) is -0.0650. The molecule has 18 heavy (non-hydrogen) atoms. The van der Waals surface area contributed by atoms with Gasteiger partial charge in [0.15, 0.2) is 0 Å². The molecule has 2 aliphatic rings. The predicted molar refractivity (Wildman–Crippen MR) is 68.1 cm³/mol. The largest absolute Gasteiger partial charge is 0.312 e. The van der Waals surface area contributed by atoms with Crippen molar-refractivity contribution < 1.29 is 9.18 Å². The van der Waals surface area contributed by atoms with Gasteiger partial charge in [0.05, 0.1) is 0 Å². The van der Waals surface area contributed by atoms with E-state index in [4.69, 9.17) is 0 Å². The van der Waals surface area contributed by atoms with E-state index in [9.17, 15) is 9.18 Å². The van der Waals surface area contributed by atoms with E-state index in [0.717, 1.165) is 24.2 Å². The number of carbonyl (C=O) groups is 1. The number of nitrogens with zero attached hydrogens (tertiary/aromatic N) is 1. The minimum atomic E-state index is -0.220. The third-order valence-electron chi connectivity index (χ3n) is 3.81. The average Bonchev–Trinajstić information content (AvgIpc) is 2.86. The third-order valence-corrected chi connectivity index (χ3v) is 3.81. The van der Waals surface area contributed by atoms with E-state index >= 15 is 0 Å². The Balaban J connectivity index is 1.86. The Bertz CT molecular complexity index is 469. The molecule has 4 heteroatoms. The Morgan fingerprint density at radius 3 is 3.06 bits per heavy atom. The standard InChI is InChI=1S/C14H17FN2O/c15-11-4-5-13-10(8-11)3-6-14(18)17(13)9-12-2-1-7-16-12/h4-5,8,12,16H,1-3,6-7,9H2/t12-/m1/s1. The minimum absolute atomic E-state index is 0.155. The normalized spacial score (nSPS) is 23.3. The lowest BCUT2D eigenvalue weighted by atomic mass is 10.00. The summed E-state index contributed by atoms with van der Waals surface area (Å²) in [5, 5.41) is 3.40. The van der Waals surface area contributed by atoms with E-state index in [1.165, 1.54) is 12.5 Å². The number of benzene rings is 1. The number of carbonyl (C=O) groups excluding carboxylic acids is 1. The summed E-state index contributed by atoms with van der Waals surface area (Å²) >= 11 is 0. The summed E-state index contributed by atoms with van der Waals surface area (Å²) in [4.78, 5) is 13.9. The van der Waals surface area contributed by atoms with Crippen LogP contribution in [0.2, 0.25) is 0 Å². The minimum Gasteiger partial charge on any atom is -0.312 e. The molecular formula is C14H17FN2O. The van der Waals surface area contributed by atoms with Gasteiger partial charge in [-0.15, -0.1) is 0 Å². The number of anilines is 1. The molecule has 2 heterocycles. The van der Waals surface area contributed by atoms with Crippen LogP contribution in [-0.2, 0) is 11.2 Å². The fourth-order valence-corrected chi connectivity index (χ4v) is 2.86. The van der Waals surface area contributed by atoms with Gasteiger partial charge < -0.3 is 10.2 Å². The topological polar surface area (TPSA) is 32.3 Å². The van der Waals surface area contributed by atoms with Crippen molar-refractivity contribution in [1.29, 1.82) is 0 Å². The quantitative estimate of drug-likeness (QED) is 0.866. The molecule has 1 aromatic carbocycles. The molecule has 1 N–H and O–H groups in total. The van der Waals surface area contributed by atoms with Crippen molar-refractivity contribution in [3.8, 4) is 0 Å². The number of amides is 1. The molecule has 1 saturated heterocycles. The molecule has 0 aromatic heterocycles. The predicted octanol–water partition coefficient (Wildman–Crippen LogP) is 1.86. The van der Waals surface area contributed by atoms with E-state index in [1.54, 1.807) is 12.1 Å². The zero-order chi connectivity index (χ0) is 12.5. The van der Waals surface area contributed by atoms with Gasteiger partial charge in [-0.25, -0.2) is 4.39 Å². The Kier molecular flexibility index (Phi) is 3.04. The molecule has 1 atom stereocenters. The van der Waals surface area contributed by atoms with Crippen LogP contribution in [0, 0.1) is 5.82 Å². The average molecular weight is 248 g/mol. The Hall–Kier alpha value is -1.42. The molecular weight excluding hydrogens is 231 g/mol. The number of halogens is 1. The van der Waals surface area contributed by atoms with Crippen molar-refractivity contribution in [1.82, 2.24) is 5.32 Å². The SMILES string of the molecule is O=C1CCc2cc(F)ccc2N1C[C@H]1CCCN1. The van der Waals surface area contributed by atoms with Crippen LogP contribution in [0.3, 0.4) is 0 Å². The van der Waals surface area contributed by atoms with Gasteiger partial charge in [-0.1, -0.05) is 0 Å². The highest BCUT2D eigenvalue weighted by atomic mass is 19.1. The maximum Gasteiger partial charge on any atom is 0.227 e. The molecule has 3 nitrogen and oxygen atoms in total. The molecule has 0 unspecified atom stereocenters. The number of rotatable bonds is 2. The van der Waals surface area contributed by atoms with Gasteiger partial charge in [-0.3, -0.25) is 4.79 Å². The van der Waals surface area contributed by atoms with Crippen LogP contribution in [-0.4, -0.2) is 25.0 Å². The summed E-state index contributed by atoms with van der Waals surface area (Å²) < 4.78 is 13.2. The lowest BCUT2D eigenvalue weighted by Gasteiger charge is -2.31.